The van der Waals surface area contributed by atoms with Crippen molar-refractivity contribution in [1.29, 1.82) is 0 Å². The first-order valence-corrected chi connectivity index (χ1v) is 8.48. The highest BCUT2D eigenvalue weighted by Gasteiger charge is 2.15. The molecule has 1 amide bonds. The summed E-state index contributed by atoms with van der Waals surface area (Å²) in [4.78, 5) is 20.3. The van der Waals surface area contributed by atoms with Gasteiger partial charge in [0.15, 0.2) is 0 Å². The third-order valence-corrected chi connectivity index (χ3v) is 4.81. The van der Waals surface area contributed by atoms with E-state index in [0.29, 0.717) is 10.8 Å². The lowest BCUT2D eigenvalue weighted by atomic mass is 10.1. The van der Waals surface area contributed by atoms with E-state index in [1.165, 1.54) is 11.3 Å². The van der Waals surface area contributed by atoms with E-state index in [2.05, 4.69) is 25.5 Å². The first kappa shape index (κ1) is 14.8. The average molecular weight is 337 g/mol. The molecule has 0 aliphatic rings. The fourth-order valence-electron chi connectivity index (χ4n) is 2.61. The minimum atomic E-state index is -0.272. The molecule has 6 nitrogen and oxygen atoms in total. The summed E-state index contributed by atoms with van der Waals surface area (Å²) < 4.78 is 0. The predicted molar refractivity (Wildman–Crippen MR) is 95.6 cm³/mol. The Morgan fingerprint density at radius 1 is 1.21 bits per heavy atom. The number of benzene rings is 1. The van der Waals surface area contributed by atoms with Crippen molar-refractivity contribution in [3.05, 3.63) is 46.7 Å². The molecular weight excluding hydrogens is 322 g/mol. The van der Waals surface area contributed by atoms with Crippen LogP contribution in [0.2, 0.25) is 0 Å². The number of nitrogens with one attached hydrogen (secondary N) is 2. The van der Waals surface area contributed by atoms with Gasteiger partial charge in [-0.1, -0.05) is 36.5 Å². The number of aromatic nitrogens is 4. The number of nitrogens with zero attached hydrogens (tertiary/aromatic N) is 3. The highest BCUT2D eigenvalue weighted by atomic mass is 32.1. The molecule has 0 fully saturated rings. The van der Waals surface area contributed by atoms with Crippen LogP contribution in [0.5, 0.6) is 0 Å². The number of hydrogen-bond acceptors (Lipinski definition) is 5. The number of aryl methyl sites for hydroxylation is 2. The number of amides is 1. The van der Waals surface area contributed by atoms with Gasteiger partial charge in [0.25, 0.3) is 5.91 Å². The minimum absolute atomic E-state index is 0.272. The molecular formula is C17H15N5OS. The number of aromatic amines is 1. The van der Waals surface area contributed by atoms with Gasteiger partial charge in [-0.15, -0.1) is 10.2 Å². The SMILES string of the molecule is CCc1nnc(NC(=O)c2cc3ccc4ccc(C)[nH]c4c3n2)s1. The molecule has 7 heteroatoms. The Morgan fingerprint density at radius 3 is 2.79 bits per heavy atom. The number of hydrogen-bond donors (Lipinski definition) is 2. The number of anilines is 1. The fourth-order valence-corrected chi connectivity index (χ4v) is 3.28. The highest BCUT2D eigenvalue weighted by molar-refractivity contribution is 7.15. The molecule has 0 aliphatic carbocycles. The third kappa shape index (κ3) is 2.52. The van der Waals surface area contributed by atoms with Gasteiger partial charge in [0.05, 0.1) is 11.0 Å². The molecule has 0 aliphatic heterocycles. The molecule has 0 unspecified atom stereocenters. The second-order valence-electron chi connectivity index (χ2n) is 5.56. The van der Waals surface area contributed by atoms with Gasteiger partial charge in [0.2, 0.25) is 5.13 Å². The predicted octanol–water partition coefficient (Wildman–Crippen LogP) is 3.69. The van der Waals surface area contributed by atoms with Gasteiger partial charge < -0.3 is 4.98 Å². The first-order valence-electron chi connectivity index (χ1n) is 7.67. The van der Waals surface area contributed by atoms with E-state index in [4.69, 9.17) is 0 Å². The smallest absolute Gasteiger partial charge is 0.276 e. The average Bonchev–Trinajstić information content (AvgIpc) is 3.21. The van der Waals surface area contributed by atoms with Crippen molar-refractivity contribution < 1.29 is 4.79 Å². The van der Waals surface area contributed by atoms with Gasteiger partial charge >= 0.3 is 0 Å². The van der Waals surface area contributed by atoms with E-state index in [-0.39, 0.29) is 5.91 Å². The van der Waals surface area contributed by atoms with Crippen molar-refractivity contribution in [3.63, 3.8) is 0 Å². The number of pyridine rings is 1. The topological polar surface area (TPSA) is 83.6 Å². The number of H-pyrrole nitrogens is 1. The maximum atomic E-state index is 12.4. The third-order valence-electron chi connectivity index (χ3n) is 3.82. The van der Waals surface area contributed by atoms with Gasteiger partial charge in [-0.05, 0) is 25.5 Å². The molecule has 3 aromatic heterocycles. The summed E-state index contributed by atoms with van der Waals surface area (Å²) in [5.41, 5.74) is 3.16. The van der Waals surface area contributed by atoms with Crippen LogP contribution < -0.4 is 5.32 Å². The van der Waals surface area contributed by atoms with E-state index in [9.17, 15) is 4.79 Å². The standard InChI is InChI=1S/C17H15N5OS/c1-3-13-21-22-17(24-13)20-16(23)12-8-11-7-6-10-5-4-9(2)18-14(10)15(11)19-12/h4-8,18H,3H2,1-2H3,(H,20,22,23). The molecule has 3 heterocycles. The van der Waals surface area contributed by atoms with Crippen molar-refractivity contribution in [2.75, 3.05) is 5.32 Å². The zero-order chi connectivity index (χ0) is 16.7. The zero-order valence-corrected chi connectivity index (χ0v) is 14.1. The fraction of sp³-hybridized carbons (Fsp3) is 0.176. The second-order valence-corrected chi connectivity index (χ2v) is 6.62. The molecule has 2 N–H and O–H groups in total. The summed E-state index contributed by atoms with van der Waals surface area (Å²) >= 11 is 1.38. The van der Waals surface area contributed by atoms with Crippen LogP contribution in [0.15, 0.2) is 30.3 Å². The molecule has 4 rings (SSSR count). The number of carbonyl (C=O) groups excluding carboxylic acids is 1. The summed E-state index contributed by atoms with van der Waals surface area (Å²) in [6, 6.07) is 9.86. The lowest BCUT2D eigenvalue weighted by Gasteiger charge is -2.01. The van der Waals surface area contributed by atoms with Crippen LogP contribution in [-0.2, 0) is 6.42 Å². The molecule has 0 atom stereocenters. The van der Waals surface area contributed by atoms with Crippen LogP contribution in [0.4, 0.5) is 5.13 Å². The molecule has 24 heavy (non-hydrogen) atoms. The second kappa shape index (κ2) is 5.68. The molecule has 0 saturated carbocycles. The van der Waals surface area contributed by atoms with E-state index in [1.807, 2.05) is 38.1 Å². The van der Waals surface area contributed by atoms with Gasteiger partial charge in [-0.2, -0.15) is 0 Å². The van der Waals surface area contributed by atoms with E-state index < -0.39 is 0 Å². The van der Waals surface area contributed by atoms with Crippen LogP contribution >= 0.6 is 11.3 Å². The van der Waals surface area contributed by atoms with Gasteiger partial charge in [0, 0.05) is 16.5 Å². The van der Waals surface area contributed by atoms with Crippen molar-refractivity contribution in [1.82, 2.24) is 20.2 Å². The quantitative estimate of drug-likeness (QED) is 0.597. The molecule has 1 aromatic carbocycles. The maximum Gasteiger partial charge on any atom is 0.276 e. The lowest BCUT2D eigenvalue weighted by molar-refractivity contribution is 0.102. The molecule has 4 aromatic rings. The Morgan fingerprint density at radius 2 is 2.00 bits per heavy atom. The van der Waals surface area contributed by atoms with Crippen LogP contribution in [0.3, 0.4) is 0 Å². The number of fused-ring (bicyclic) bond motifs is 3. The Bertz CT molecular complexity index is 1070. The normalized spacial score (nSPS) is 11.2. The molecule has 120 valence electrons. The van der Waals surface area contributed by atoms with Gasteiger partial charge in [0.1, 0.15) is 10.7 Å². The van der Waals surface area contributed by atoms with Crippen LogP contribution in [0.25, 0.3) is 21.8 Å². The first-order chi connectivity index (χ1) is 11.6. The largest absolute Gasteiger partial charge is 0.357 e. The summed E-state index contributed by atoms with van der Waals surface area (Å²) in [6.07, 6.45) is 0.799. The van der Waals surface area contributed by atoms with Gasteiger partial charge in [-0.25, -0.2) is 4.98 Å². The Hall–Kier alpha value is -2.80. The molecule has 0 bridgehead atoms. The Balaban J connectivity index is 1.72. The van der Waals surface area contributed by atoms with Crippen molar-refractivity contribution in [2.24, 2.45) is 0 Å². The lowest BCUT2D eigenvalue weighted by Crippen LogP contribution is -2.11. The minimum Gasteiger partial charge on any atom is -0.357 e. The van der Waals surface area contributed by atoms with Crippen molar-refractivity contribution >= 4 is 44.2 Å². The van der Waals surface area contributed by atoms with Crippen LogP contribution in [0.1, 0.15) is 28.1 Å². The highest BCUT2D eigenvalue weighted by Crippen LogP contribution is 2.25. The summed E-state index contributed by atoms with van der Waals surface area (Å²) in [7, 11) is 0. The monoisotopic (exact) mass is 337 g/mol. The zero-order valence-electron chi connectivity index (χ0n) is 13.3. The number of carbonyl (C=O) groups is 1. The van der Waals surface area contributed by atoms with Crippen molar-refractivity contribution in [3.8, 4) is 0 Å². The summed E-state index contributed by atoms with van der Waals surface area (Å²) in [5, 5.41) is 14.1. The van der Waals surface area contributed by atoms with E-state index in [0.717, 1.165) is 38.9 Å². The maximum absolute atomic E-state index is 12.4. The van der Waals surface area contributed by atoms with E-state index in [1.54, 1.807) is 6.07 Å². The Kier molecular flexibility index (Phi) is 3.50. The molecule has 0 radical (unpaired) electrons. The summed E-state index contributed by atoms with van der Waals surface area (Å²) in [6.45, 7) is 4.00. The Labute approximate surface area is 141 Å². The van der Waals surface area contributed by atoms with Crippen LogP contribution in [0, 0.1) is 6.92 Å². The van der Waals surface area contributed by atoms with Crippen molar-refractivity contribution in [2.45, 2.75) is 20.3 Å². The van der Waals surface area contributed by atoms with E-state index >= 15 is 0 Å². The summed E-state index contributed by atoms with van der Waals surface area (Å²) in [5.74, 6) is -0.272. The molecule has 0 saturated heterocycles. The van der Waals surface area contributed by atoms with Gasteiger partial charge in [-0.3, -0.25) is 10.1 Å². The molecule has 0 spiro atoms. The van der Waals surface area contributed by atoms with Crippen LogP contribution in [-0.4, -0.2) is 26.1 Å². The number of rotatable bonds is 3.